The van der Waals surface area contributed by atoms with Crippen LogP contribution in [0.3, 0.4) is 0 Å². The number of unbranched alkanes of at least 4 members (excludes halogenated alkanes) is 5. The van der Waals surface area contributed by atoms with E-state index in [1.807, 2.05) is 0 Å². The predicted molar refractivity (Wildman–Crippen MR) is 75.0 cm³/mol. The van der Waals surface area contributed by atoms with Crippen LogP contribution < -0.4 is 5.32 Å². The largest absolute Gasteiger partial charge is 0.353 e. The zero-order chi connectivity index (χ0) is 12.8. The van der Waals surface area contributed by atoms with E-state index in [-0.39, 0.29) is 5.91 Å². The summed E-state index contributed by atoms with van der Waals surface area (Å²) in [6, 6.07) is 0. The van der Waals surface area contributed by atoms with Crippen LogP contribution in [-0.4, -0.2) is 12.5 Å². The van der Waals surface area contributed by atoms with Gasteiger partial charge in [-0.15, -0.1) is 6.58 Å². The van der Waals surface area contributed by atoms with E-state index in [2.05, 4.69) is 31.0 Å². The van der Waals surface area contributed by atoms with Gasteiger partial charge in [-0.25, -0.2) is 0 Å². The first kappa shape index (κ1) is 16.0. The number of hydrogen-bond donors (Lipinski definition) is 1. The molecule has 0 saturated carbocycles. The minimum Gasteiger partial charge on any atom is -0.353 e. The molecule has 0 spiro atoms. The molecule has 17 heavy (non-hydrogen) atoms. The summed E-state index contributed by atoms with van der Waals surface area (Å²) in [6.45, 7) is 6.36. The topological polar surface area (TPSA) is 29.1 Å². The van der Waals surface area contributed by atoms with Crippen LogP contribution in [0.4, 0.5) is 0 Å². The van der Waals surface area contributed by atoms with Crippen molar-refractivity contribution in [2.24, 2.45) is 0 Å². The summed E-state index contributed by atoms with van der Waals surface area (Å²) in [4.78, 5) is 11.2. The van der Waals surface area contributed by atoms with Gasteiger partial charge in [0.25, 0.3) is 0 Å². The lowest BCUT2D eigenvalue weighted by Crippen LogP contribution is -2.22. The highest BCUT2D eigenvalue weighted by Gasteiger charge is 1.96. The van der Waals surface area contributed by atoms with Crippen LogP contribution in [0, 0.1) is 0 Å². The molecule has 0 atom stereocenters. The van der Waals surface area contributed by atoms with Gasteiger partial charge in [-0.2, -0.15) is 0 Å². The molecule has 2 heteroatoms. The summed E-state index contributed by atoms with van der Waals surface area (Å²) in [7, 11) is 0. The van der Waals surface area contributed by atoms with Crippen molar-refractivity contribution in [1.82, 2.24) is 5.32 Å². The number of rotatable bonds is 11. The van der Waals surface area contributed by atoms with Crippen molar-refractivity contribution in [3.05, 3.63) is 24.8 Å². The van der Waals surface area contributed by atoms with Gasteiger partial charge in [0, 0.05) is 13.0 Å². The molecule has 0 unspecified atom stereocenters. The number of amides is 1. The van der Waals surface area contributed by atoms with E-state index in [0.717, 1.165) is 12.8 Å². The van der Waals surface area contributed by atoms with Crippen molar-refractivity contribution >= 4 is 5.91 Å². The monoisotopic (exact) mass is 237 g/mol. The Morgan fingerprint density at radius 3 is 2.47 bits per heavy atom. The molecule has 0 radical (unpaired) electrons. The maximum absolute atomic E-state index is 11.2. The molecule has 0 bridgehead atoms. The normalized spacial score (nSPS) is 10.6. The standard InChI is InChI=1S/C15H27NO/c1-3-5-6-7-8-9-10-11-12-13-15(17)16-14-4-2/h4,9-10H,2-3,5-8,11-14H2,1H3,(H,16,17). The maximum atomic E-state index is 11.2. The van der Waals surface area contributed by atoms with E-state index in [4.69, 9.17) is 0 Å². The van der Waals surface area contributed by atoms with Crippen LogP contribution in [0.5, 0.6) is 0 Å². The maximum Gasteiger partial charge on any atom is 0.220 e. The van der Waals surface area contributed by atoms with E-state index < -0.39 is 0 Å². The van der Waals surface area contributed by atoms with Gasteiger partial charge in [0.1, 0.15) is 0 Å². The SMILES string of the molecule is C=CCNC(=O)CCCC=CCCCCCC. The second-order valence-electron chi connectivity index (χ2n) is 4.31. The molecular weight excluding hydrogens is 210 g/mol. The number of carbonyl (C=O) groups is 1. The molecule has 0 aliphatic rings. The lowest BCUT2D eigenvalue weighted by molar-refractivity contribution is -0.120. The Kier molecular flexibility index (Phi) is 12.2. The summed E-state index contributed by atoms with van der Waals surface area (Å²) in [5.74, 6) is 0.126. The van der Waals surface area contributed by atoms with E-state index >= 15 is 0 Å². The molecule has 0 rings (SSSR count). The van der Waals surface area contributed by atoms with Crippen molar-refractivity contribution in [1.29, 1.82) is 0 Å². The fourth-order valence-electron chi connectivity index (χ4n) is 1.58. The van der Waals surface area contributed by atoms with Gasteiger partial charge in [0.05, 0.1) is 0 Å². The van der Waals surface area contributed by atoms with Gasteiger partial charge >= 0.3 is 0 Å². The first-order valence-electron chi connectivity index (χ1n) is 6.83. The van der Waals surface area contributed by atoms with Gasteiger partial charge < -0.3 is 5.32 Å². The molecule has 1 N–H and O–H groups in total. The van der Waals surface area contributed by atoms with Crippen molar-refractivity contribution in [3.63, 3.8) is 0 Å². The van der Waals surface area contributed by atoms with Crippen LogP contribution >= 0.6 is 0 Å². The summed E-state index contributed by atoms with van der Waals surface area (Å²) in [5, 5.41) is 2.78. The number of carbonyl (C=O) groups excluding carboxylic acids is 1. The van der Waals surface area contributed by atoms with Gasteiger partial charge in [-0.05, 0) is 25.7 Å². The Bertz CT molecular complexity index is 221. The molecule has 0 aromatic rings. The Labute approximate surface area is 106 Å². The number of allylic oxidation sites excluding steroid dienone is 2. The Balaban J connectivity index is 3.23. The van der Waals surface area contributed by atoms with E-state index in [1.54, 1.807) is 6.08 Å². The molecular formula is C15H27NO. The Morgan fingerprint density at radius 1 is 1.12 bits per heavy atom. The Morgan fingerprint density at radius 2 is 1.82 bits per heavy atom. The first-order valence-corrected chi connectivity index (χ1v) is 6.83. The van der Waals surface area contributed by atoms with E-state index in [0.29, 0.717) is 13.0 Å². The molecule has 0 aliphatic heterocycles. The van der Waals surface area contributed by atoms with E-state index in [1.165, 1.54) is 32.1 Å². The van der Waals surface area contributed by atoms with Crippen molar-refractivity contribution in [2.75, 3.05) is 6.54 Å². The fourth-order valence-corrected chi connectivity index (χ4v) is 1.58. The fraction of sp³-hybridized carbons (Fsp3) is 0.667. The number of hydrogen-bond acceptors (Lipinski definition) is 1. The van der Waals surface area contributed by atoms with Gasteiger partial charge in [0.2, 0.25) is 5.91 Å². The highest BCUT2D eigenvalue weighted by atomic mass is 16.1. The smallest absolute Gasteiger partial charge is 0.220 e. The minimum absolute atomic E-state index is 0.126. The Hall–Kier alpha value is -1.05. The summed E-state index contributed by atoms with van der Waals surface area (Å²) in [6.07, 6.45) is 15.2. The third kappa shape index (κ3) is 12.9. The van der Waals surface area contributed by atoms with Gasteiger partial charge in [0.15, 0.2) is 0 Å². The van der Waals surface area contributed by atoms with Crippen LogP contribution in [0.15, 0.2) is 24.8 Å². The highest BCUT2D eigenvalue weighted by molar-refractivity contribution is 5.75. The molecule has 0 aromatic heterocycles. The van der Waals surface area contributed by atoms with Crippen LogP contribution in [0.25, 0.3) is 0 Å². The van der Waals surface area contributed by atoms with E-state index in [9.17, 15) is 4.79 Å². The average Bonchev–Trinajstić information content (AvgIpc) is 2.34. The third-order valence-corrected chi connectivity index (χ3v) is 2.61. The number of nitrogens with one attached hydrogen (secondary N) is 1. The molecule has 0 aliphatic carbocycles. The first-order chi connectivity index (χ1) is 8.31. The van der Waals surface area contributed by atoms with Crippen LogP contribution in [0.2, 0.25) is 0 Å². The highest BCUT2D eigenvalue weighted by Crippen LogP contribution is 2.04. The van der Waals surface area contributed by atoms with Crippen LogP contribution in [0.1, 0.15) is 58.3 Å². The predicted octanol–water partition coefficient (Wildman–Crippen LogP) is 3.99. The molecule has 0 heterocycles. The van der Waals surface area contributed by atoms with Crippen LogP contribution in [-0.2, 0) is 4.79 Å². The second-order valence-corrected chi connectivity index (χ2v) is 4.31. The average molecular weight is 237 g/mol. The molecule has 0 saturated heterocycles. The van der Waals surface area contributed by atoms with Crippen molar-refractivity contribution < 1.29 is 4.79 Å². The van der Waals surface area contributed by atoms with Crippen molar-refractivity contribution in [2.45, 2.75) is 58.3 Å². The molecule has 0 fully saturated rings. The molecule has 2 nitrogen and oxygen atoms in total. The zero-order valence-corrected chi connectivity index (χ0v) is 11.2. The molecule has 1 amide bonds. The lowest BCUT2D eigenvalue weighted by atomic mass is 10.1. The third-order valence-electron chi connectivity index (χ3n) is 2.61. The summed E-state index contributed by atoms with van der Waals surface area (Å²) >= 11 is 0. The van der Waals surface area contributed by atoms with Gasteiger partial charge in [-0.3, -0.25) is 4.79 Å². The second kappa shape index (κ2) is 13.0. The quantitative estimate of drug-likeness (QED) is 0.427. The van der Waals surface area contributed by atoms with Crippen molar-refractivity contribution in [3.8, 4) is 0 Å². The summed E-state index contributed by atoms with van der Waals surface area (Å²) < 4.78 is 0. The van der Waals surface area contributed by atoms with Gasteiger partial charge in [-0.1, -0.05) is 44.4 Å². The minimum atomic E-state index is 0.126. The molecule has 0 aromatic carbocycles. The zero-order valence-electron chi connectivity index (χ0n) is 11.2. The summed E-state index contributed by atoms with van der Waals surface area (Å²) in [5.41, 5.74) is 0. The lowest BCUT2D eigenvalue weighted by Gasteiger charge is -2.00. The molecule has 98 valence electrons.